The van der Waals surface area contributed by atoms with Gasteiger partial charge in [-0.05, 0) is 18.1 Å². The van der Waals surface area contributed by atoms with Gasteiger partial charge in [-0.25, -0.2) is 4.79 Å². The first-order valence-electron chi connectivity index (χ1n) is 24.8. The highest BCUT2D eigenvalue weighted by Crippen LogP contribution is 2.19. The molecule has 0 aliphatic rings. The van der Waals surface area contributed by atoms with Gasteiger partial charge in [0, 0.05) is 17.1 Å². The molecule has 23 N–H and O–H groups in total. The van der Waals surface area contributed by atoms with E-state index in [1.54, 1.807) is 61.5 Å². The minimum absolute atomic E-state index is 0.165. The first-order chi connectivity index (χ1) is 40.5. The summed E-state index contributed by atoms with van der Waals surface area (Å²) in [5.41, 5.74) is 12.2. The number of carbonyl (C=O) groups excluding carboxylic acids is 10. The van der Waals surface area contributed by atoms with Crippen LogP contribution in [0.1, 0.15) is 63.4 Å². The van der Waals surface area contributed by atoms with Crippen LogP contribution < -0.4 is 59.3 Å². The van der Waals surface area contributed by atoms with E-state index >= 15 is 0 Å². The molecule has 0 saturated heterocycles. The number of carboxylic acid groups (broad SMARTS) is 9. The molecular formula is C47H58N12O28. The maximum Gasteiger partial charge on any atom is 0.326 e. The Kier molecular flexibility index (Phi) is 27.8. The van der Waals surface area contributed by atoms with Crippen molar-refractivity contribution in [2.75, 3.05) is 0 Å². The van der Waals surface area contributed by atoms with Crippen LogP contribution in [0.3, 0.4) is 0 Å². The second-order valence-electron chi connectivity index (χ2n) is 18.5. The SMILES string of the molecule is NC(=O)C[C@H](NC(=O)[C@H](CC(=O)O)NC(=O)[C@H](CC(=O)O)NC(=O)[C@H](CC(=O)O)NC(=O)[C@H](CC(=O)O)NC(=O)[C@H](CC(=O)O)NC(=O)[C@H](CC(=O)O)NC(=O)[C@H](CC(=O)O)NC(=O)[C@H](CC(=O)O)NC(=O)[C@@H](N)Cc1c[nH]c2ccccc12)C(=O)O. The van der Waals surface area contributed by atoms with Crippen LogP contribution in [0, 0.1) is 0 Å². The van der Waals surface area contributed by atoms with Gasteiger partial charge < -0.3 is 110 Å². The molecule has 40 nitrogen and oxygen atoms in total. The largest absolute Gasteiger partial charge is 0.481 e. The van der Waals surface area contributed by atoms with Gasteiger partial charge in [0.25, 0.3) is 0 Å². The summed E-state index contributed by atoms with van der Waals surface area (Å²) in [6.45, 7) is 0. The van der Waals surface area contributed by atoms with Crippen molar-refractivity contribution >= 4 is 124 Å². The number of fused-ring (bicyclic) bond motifs is 1. The fourth-order valence-electron chi connectivity index (χ4n) is 7.56. The quantitative estimate of drug-likeness (QED) is 0.0296. The Labute approximate surface area is 484 Å². The van der Waals surface area contributed by atoms with Gasteiger partial charge in [0.1, 0.15) is 54.4 Å². The lowest BCUT2D eigenvalue weighted by atomic mass is 10.0. The van der Waals surface area contributed by atoms with Gasteiger partial charge in [-0.3, -0.25) is 86.3 Å². The van der Waals surface area contributed by atoms with E-state index in [1.807, 2.05) is 5.32 Å². The summed E-state index contributed by atoms with van der Waals surface area (Å²) < 4.78 is 0. The molecule has 10 atom stereocenters. The number of H-pyrrole nitrogens is 1. The number of nitrogens with one attached hydrogen (secondary N) is 10. The van der Waals surface area contributed by atoms with E-state index in [9.17, 15) is 137 Å². The minimum atomic E-state index is -2.54. The molecule has 1 heterocycles. The molecule has 0 aliphatic heterocycles. The summed E-state index contributed by atoms with van der Waals surface area (Å²) in [6.07, 6.45) is -11.2. The minimum Gasteiger partial charge on any atom is -0.481 e. The number of para-hydroxylation sites is 1. The van der Waals surface area contributed by atoms with Crippen molar-refractivity contribution in [3.05, 3.63) is 36.0 Å². The lowest BCUT2D eigenvalue weighted by Crippen LogP contribution is -2.61. The fraction of sp³-hybridized carbons (Fsp3) is 0.426. The lowest BCUT2D eigenvalue weighted by Gasteiger charge is -2.27. The number of carbonyl (C=O) groups is 19. The number of primary amides is 1. The van der Waals surface area contributed by atoms with Crippen molar-refractivity contribution in [3.8, 4) is 0 Å². The van der Waals surface area contributed by atoms with Crippen molar-refractivity contribution in [3.63, 3.8) is 0 Å². The molecule has 0 radical (unpaired) electrons. The van der Waals surface area contributed by atoms with Crippen LogP contribution in [0.2, 0.25) is 0 Å². The molecule has 0 aliphatic carbocycles. The molecule has 2 aromatic rings. The molecule has 10 amide bonds. The van der Waals surface area contributed by atoms with E-state index in [0.717, 1.165) is 0 Å². The molecule has 0 unspecified atom stereocenters. The van der Waals surface area contributed by atoms with Gasteiger partial charge in [0.15, 0.2) is 0 Å². The monoisotopic (exact) mass is 1240 g/mol. The average molecular weight is 1240 g/mol. The zero-order valence-electron chi connectivity index (χ0n) is 44.7. The number of nitrogens with two attached hydrogens (primary N) is 2. The van der Waals surface area contributed by atoms with Crippen LogP contribution in [-0.4, -0.2) is 224 Å². The van der Waals surface area contributed by atoms with Crippen LogP contribution in [0.25, 0.3) is 10.9 Å². The highest BCUT2D eigenvalue weighted by molar-refractivity contribution is 6.02. The van der Waals surface area contributed by atoms with Crippen LogP contribution in [0.5, 0.6) is 0 Å². The number of carboxylic acids is 9. The summed E-state index contributed by atoms with van der Waals surface area (Å²) in [4.78, 5) is 241. The Morgan fingerprint density at radius 2 is 0.575 bits per heavy atom. The third-order valence-electron chi connectivity index (χ3n) is 11.6. The Bertz CT molecular complexity index is 3050. The average Bonchev–Trinajstić information content (AvgIpc) is 3.42. The highest BCUT2D eigenvalue weighted by Gasteiger charge is 2.39. The summed E-state index contributed by atoms with van der Waals surface area (Å²) in [5, 5.41) is 102. The standard InChI is InChI=1S/C47H58N12O28/c48-18(5-16-15-50-19-4-2-1-3-17(16)19)38(77)51-20(7-30(61)62)39(78)52-21(8-31(63)64)40(79)53-22(9-32(65)66)41(80)54-23(10-33(67)68)42(81)55-24(11-34(69)70)43(82)56-25(12-35(71)72)44(83)57-26(13-36(73)74)45(84)58-27(14-37(75)76)46(85)59-28(47(86)87)6-29(49)60/h1-4,15,18,20-28,50H,5-14,48H2,(H2,49,60)(H,51,77)(H,52,78)(H,53,79)(H,54,80)(H,55,81)(H,56,82)(H,57,83)(H,58,84)(H,59,85)(H,61,62)(H,63,64)(H,65,66)(H,67,68)(H,69,70)(H,71,72)(H,73,74)(H,75,76)(H,86,87)/t18-,20-,21-,22-,23-,24-,25-,26-,27-,28-/m0/s1. The topological polar surface area (TPSA) is 683 Å². The number of aromatic amines is 1. The van der Waals surface area contributed by atoms with Gasteiger partial charge in [-0.2, -0.15) is 0 Å². The van der Waals surface area contributed by atoms with Gasteiger partial charge >= 0.3 is 53.7 Å². The first-order valence-corrected chi connectivity index (χ1v) is 24.8. The van der Waals surface area contributed by atoms with E-state index < -0.39 is 231 Å². The van der Waals surface area contributed by atoms with Crippen LogP contribution in [-0.2, 0) is 97.5 Å². The van der Waals surface area contributed by atoms with E-state index in [4.69, 9.17) is 11.5 Å². The van der Waals surface area contributed by atoms with Crippen molar-refractivity contribution in [2.24, 2.45) is 11.5 Å². The van der Waals surface area contributed by atoms with Crippen LogP contribution >= 0.6 is 0 Å². The molecule has 474 valence electrons. The summed E-state index contributed by atoms with van der Waals surface area (Å²) in [5.74, 6) is -33.3. The van der Waals surface area contributed by atoms with Crippen LogP contribution in [0.15, 0.2) is 30.5 Å². The van der Waals surface area contributed by atoms with E-state index in [2.05, 4.69) is 10.3 Å². The number of hydrogen-bond donors (Lipinski definition) is 21. The Morgan fingerprint density at radius 3 is 0.805 bits per heavy atom. The highest BCUT2D eigenvalue weighted by atomic mass is 16.4. The lowest BCUT2D eigenvalue weighted by molar-refractivity contribution is -0.146. The van der Waals surface area contributed by atoms with Gasteiger partial charge in [0.2, 0.25) is 59.1 Å². The number of aromatic nitrogens is 1. The predicted octanol–water partition coefficient (Wildman–Crippen LogP) is -8.84. The predicted molar refractivity (Wildman–Crippen MR) is 277 cm³/mol. The summed E-state index contributed by atoms with van der Waals surface area (Å²) in [6, 6.07) is -15.9. The molecule has 87 heavy (non-hydrogen) atoms. The maximum atomic E-state index is 13.6. The second-order valence-corrected chi connectivity index (χ2v) is 18.5. The third kappa shape index (κ3) is 25.4. The zero-order chi connectivity index (χ0) is 66.2. The summed E-state index contributed by atoms with van der Waals surface area (Å²) >= 11 is 0. The smallest absolute Gasteiger partial charge is 0.326 e. The Hall–Kier alpha value is -11.4. The molecule has 0 saturated carbocycles. The Balaban J connectivity index is 2.41. The second kappa shape index (κ2) is 33.7. The van der Waals surface area contributed by atoms with E-state index in [-0.39, 0.29) is 6.42 Å². The molecule has 40 heteroatoms. The van der Waals surface area contributed by atoms with Crippen molar-refractivity contribution < 1.29 is 137 Å². The normalized spacial score (nSPS) is 14.2. The van der Waals surface area contributed by atoms with Crippen molar-refractivity contribution in [1.29, 1.82) is 0 Å². The maximum absolute atomic E-state index is 13.6. The molecule has 2 rings (SSSR count). The van der Waals surface area contributed by atoms with Crippen molar-refractivity contribution in [2.45, 2.75) is 125 Å². The molecule has 1 aromatic heterocycles. The molecule has 0 fully saturated rings. The first kappa shape index (κ1) is 71.8. The summed E-state index contributed by atoms with van der Waals surface area (Å²) in [7, 11) is 0. The van der Waals surface area contributed by atoms with Crippen molar-refractivity contribution in [1.82, 2.24) is 52.8 Å². The number of aliphatic carboxylic acids is 9. The Morgan fingerprint density at radius 1 is 0.345 bits per heavy atom. The number of amides is 10. The fourth-order valence-corrected chi connectivity index (χ4v) is 7.56. The molecule has 1 aromatic carbocycles. The van der Waals surface area contributed by atoms with Crippen LogP contribution in [0.4, 0.5) is 0 Å². The third-order valence-corrected chi connectivity index (χ3v) is 11.6. The van der Waals surface area contributed by atoms with E-state index in [0.29, 0.717) is 16.5 Å². The zero-order valence-corrected chi connectivity index (χ0v) is 44.7. The number of benzene rings is 1. The van der Waals surface area contributed by atoms with Gasteiger partial charge in [-0.15, -0.1) is 0 Å². The van der Waals surface area contributed by atoms with Gasteiger partial charge in [-0.1, -0.05) is 18.2 Å². The number of hydrogen-bond acceptors (Lipinski definition) is 20. The molecular weight excluding hydrogens is 1180 g/mol. The molecule has 0 bridgehead atoms. The van der Waals surface area contributed by atoms with Gasteiger partial charge in [0.05, 0.1) is 63.8 Å². The number of rotatable bonds is 39. The van der Waals surface area contributed by atoms with E-state index in [1.165, 1.54) is 6.20 Å². The molecule has 0 spiro atoms.